The lowest BCUT2D eigenvalue weighted by atomic mass is 9.87. The molecule has 1 aromatic rings. The van der Waals surface area contributed by atoms with Gasteiger partial charge in [0, 0.05) is 17.7 Å². The molecular formula is C18H24N3O3+. The average molecular weight is 330 g/mol. The van der Waals surface area contributed by atoms with Crippen LogP contribution in [0, 0.1) is 0 Å². The van der Waals surface area contributed by atoms with Crippen LogP contribution in [0.2, 0.25) is 0 Å². The molecule has 2 amide bonds. The molecule has 3 atom stereocenters. The van der Waals surface area contributed by atoms with Crippen LogP contribution in [0.4, 0.5) is 5.69 Å². The third kappa shape index (κ3) is 3.82. The fraction of sp³-hybridized carbons (Fsp3) is 0.500. The summed E-state index contributed by atoms with van der Waals surface area (Å²) in [6.07, 6.45) is 4.64. The standard InChI is InChI=1S/C18H23N3O3/c1-11(22)12-6-8-13(9-7-12)19-17(23)10-16-18(24)21-15-5-3-2-4-14(15)20-16/h6-9,14-16,20H,2-5,10H2,1H3,(H,19,23)(H,21,24)/p+1/t14-,15-,16-/m0/s1. The molecule has 1 saturated carbocycles. The van der Waals surface area contributed by atoms with Crippen molar-refractivity contribution < 1.29 is 19.7 Å². The topological polar surface area (TPSA) is 91.9 Å². The number of ketones is 1. The van der Waals surface area contributed by atoms with E-state index in [1.807, 2.05) is 0 Å². The number of hydrogen-bond donors (Lipinski definition) is 3. The third-order valence-electron chi connectivity index (χ3n) is 4.94. The first kappa shape index (κ1) is 16.6. The monoisotopic (exact) mass is 330 g/mol. The van der Waals surface area contributed by atoms with E-state index in [1.54, 1.807) is 24.3 Å². The van der Waals surface area contributed by atoms with Crippen LogP contribution in [0.25, 0.3) is 0 Å². The molecule has 6 heteroatoms. The maximum absolute atomic E-state index is 12.2. The second-order valence-electron chi connectivity index (χ2n) is 6.75. The van der Waals surface area contributed by atoms with E-state index in [0.29, 0.717) is 17.3 Å². The Bertz CT molecular complexity index is 641. The third-order valence-corrected chi connectivity index (χ3v) is 4.94. The van der Waals surface area contributed by atoms with Crippen molar-refractivity contribution >= 4 is 23.3 Å². The van der Waals surface area contributed by atoms with E-state index in [9.17, 15) is 14.4 Å². The molecule has 24 heavy (non-hydrogen) atoms. The van der Waals surface area contributed by atoms with E-state index in [2.05, 4.69) is 16.0 Å². The van der Waals surface area contributed by atoms with Gasteiger partial charge < -0.3 is 16.0 Å². The van der Waals surface area contributed by atoms with Gasteiger partial charge in [0.1, 0.15) is 6.04 Å². The number of carbonyl (C=O) groups excluding carboxylic acids is 3. The minimum absolute atomic E-state index is 0.0108. The highest BCUT2D eigenvalue weighted by molar-refractivity contribution is 5.97. The van der Waals surface area contributed by atoms with Gasteiger partial charge in [0.2, 0.25) is 5.91 Å². The van der Waals surface area contributed by atoms with E-state index >= 15 is 0 Å². The lowest BCUT2D eigenvalue weighted by Gasteiger charge is -2.37. The first-order valence-electron chi connectivity index (χ1n) is 8.59. The zero-order valence-electron chi connectivity index (χ0n) is 13.9. The number of piperazine rings is 1. The zero-order valence-corrected chi connectivity index (χ0v) is 13.9. The Labute approximate surface area is 141 Å². The van der Waals surface area contributed by atoms with Gasteiger partial charge in [0.25, 0.3) is 5.91 Å². The molecule has 4 N–H and O–H groups in total. The SMILES string of the molecule is CC(=O)c1ccc(NC(=O)C[C@@H]2[NH2+][C@H]3CCCC[C@@H]3NC2=O)cc1. The average Bonchev–Trinajstić information content (AvgIpc) is 2.56. The largest absolute Gasteiger partial charge is 0.342 e. The van der Waals surface area contributed by atoms with Gasteiger partial charge in [-0.1, -0.05) is 6.42 Å². The molecule has 128 valence electrons. The molecule has 0 aromatic heterocycles. The molecule has 3 rings (SSSR count). The minimum atomic E-state index is -0.360. The molecule has 2 fully saturated rings. The van der Waals surface area contributed by atoms with Crippen LogP contribution in [0.1, 0.15) is 49.4 Å². The van der Waals surface area contributed by atoms with Crippen LogP contribution in [-0.4, -0.2) is 35.7 Å². The van der Waals surface area contributed by atoms with Crippen LogP contribution >= 0.6 is 0 Å². The summed E-state index contributed by atoms with van der Waals surface area (Å²) in [5.74, 6) is -0.236. The number of Topliss-reactive ketones (excluding diaryl/α,β-unsaturated/α-hetero) is 1. The Balaban J connectivity index is 1.56. The van der Waals surface area contributed by atoms with Crippen molar-refractivity contribution in [2.24, 2.45) is 0 Å². The van der Waals surface area contributed by atoms with Crippen molar-refractivity contribution in [3.63, 3.8) is 0 Å². The summed E-state index contributed by atoms with van der Waals surface area (Å²) in [4.78, 5) is 35.7. The summed E-state index contributed by atoms with van der Waals surface area (Å²) in [5, 5.41) is 7.94. The summed E-state index contributed by atoms with van der Waals surface area (Å²) in [6.45, 7) is 1.50. The second-order valence-corrected chi connectivity index (χ2v) is 6.75. The fourth-order valence-electron chi connectivity index (χ4n) is 3.61. The van der Waals surface area contributed by atoms with Crippen molar-refractivity contribution in [2.75, 3.05) is 5.32 Å². The normalized spacial score (nSPS) is 26.2. The van der Waals surface area contributed by atoms with E-state index in [1.165, 1.54) is 13.3 Å². The van der Waals surface area contributed by atoms with Gasteiger partial charge in [-0.05, 0) is 44.0 Å². The summed E-state index contributed by atoms with van der Waals surface area (Å²) in [6, 6.07) is 7.07. The Kier molecular flexibility index (Phi) is 4.94. The molecule has 0 spiro atoms. The molecule has 1 aliphatic carbocycles. The summed E-state index contributed by atoms with van der Waals surface area (Å²) >= 11 is 0. The smallest absolute Gasteiger partial charge is 0.279 e. The van der Waals surface area contributed by atoms with E-state index in [4.69, 9.17) is 0 Å². The molecule has 0 bridgehead atoms. The first-order chi connectivity index (χ1) is 11.5. The number of hydrogen-bond acceptors (Lipinski definition) is 3. The predicted octanol–water partition coefficient (Wildman–Crippen LogP) is 0.591. The molecule has 0 unspecified atom stereocenters. The summed E-state index contributed by atoms with van der Waals surface area (Å²) < 4.78 is 0. The number of amides is 2. The minimum Gasteiger partial charge on any atom is -0.342 e. The van der Waals surface area contributed by atoms with Gasteiger partial charge in [-0.25, -0.2) is 0 Å². The lowest BCUT2D eigenvalue weighted by molar-refractivity contribution is -0.718. The fourth-order valence-corrected chi connectivity index (χ4v) is 3.61. The van der Waals surface area contributed by atoms with E-state index < -0.39 is 0 Å². The molecule has 1 aromatic carbocycles. The van der Waals surface area contributed by atoms with Gasteiger partial charge >= 0.3 is 0 Å². The highest BCUT2D eigenvalue weighted by atomic mass is 16.2. The molecule has 1 saturated heterocycles. The lowest BCUT2D eigenvalue weighted by Crippen LogP contribution is -3.03. The Morgan fingerprint density at radius 2 is 1.92 bits per heavy atom. The van der Waals surface area contributed by atoms with Crippen LogP contribution in [0.15, 0.2) is 24.3 Å². The second kappa shape index (κ2) is 7.13. The predicted molar refractivity (Wildman–Crippen MR) is 89.6 cm³/mol. The zero-order chi connectivity index (χ0) is 17.1. The number of quaternary nitrogens is 1. The van der Waals surface area contributed by atoms with Gasteiger partial charge in [-0.2, -0.15) is 0 Å². The highest BCUT2D eigenvalue weighted by Crippen LogP contribution is 2.18. The Morgan fingerprint density at radius 1 is 1.21 bits per heavy atom. The Hall–Kier alpha value is -2.21. The number of benzene rings is 1. The van der Waals surface area contributed by atoms with Crippen LogP contribution in [0.3, 0.4) is 0 Å². The quantitative estimate of drug-likeness (QED) is 0.706. The number of carbonyl (C=O) groups is 3. The van der Waals surface area contributed by atoms with Gasteiger partial charge in [0.05, 0.1) is 12.5 Å². The van der Waals surface area contributed by atoms with Gasteiger partial charge in [-0.3, -0.25) is 14.4 Å². The van der Waals surface area contributed by atoms with Crippen molar-refractivity contribution in [1.29, 1.82) is 0 Å². The molecular weight excluding hydrogens is 306 g/mol. The summed E-state index contributed by atoms with van der Waals surface area (Å²) in [5.41, 5.74) is 1.24. The molecule has 1 heterocycles. The van der Waals surface area contributed by atoms with E-state index in [-0.39, 0.29) is 36.1 Å². The van der Waals surface area contributed by atoms with Gasteiger partial charge in [0.15, 0.2) is 11.8 Å². The highest BCUT2D eigenvalue weighted by Gasteiger charge is 2.40. The van der Waals surface area contributed by atoms with Crippen molar-refractivity contribution in [1.82, 2.24) is 5.32 Å². The van der Waals surface area contributed by atoms with Crippen molar-refractivity contribution in [3.8, 4) is 0 Å². The summed E-state index contributed by atoms with van der Waals surface area (Å²) in [7, 11) is 0. The van der Waals surface area contributed by atoms with Crippen LogP contribution in [-0.2, 0) is 9.59 Å². The number of nitrogens with one attached hydrogen (secondary N) is 2. The Morgan fingerprint density at radius 3 is 2.62 bits per heavy atom. The van der Waals surface area contributed by atoms with Crippen LogP contribution < -0.4 is 16.0 Å². The maximum atomic E-state index is 12.2. The molecule has 1 aliphatic heterocycles. The maximum Gasteiger partial charge on any atom is 0.279 e. The number of nitrogens with two attached hydrogens (primary N) is 1. The van der Waals surface area contributed by atoms with Gasteiger partial charge in [-0.15, -0.1) is 0 Å². The number of anilines is 1. The van der Waals surface area contributed by atoms with Crippen molar-refractivity contribution in [2.45, 2.75) is 57.2 Å². The van der Waals surface area contributed by atoms with Crippen molar-refractivity contribution in [3.05, 3.63) is 29.8 Å². The first-order valence-corrected chi connectivity index (χ1v) is 8.59. The number of rotatable bonds is 4. The number of fused-ring (bicyclic) bond motifs is 1. The molecule has 2 aliphatic rings. The molecule has 0 radical (unpaired) electrons. The van der Waals surface area contributed by atoms with E-state index in [0.717, 1.165) is 19.3 Å². The molecule has 6 nitrogen and oxygen atoms in total. The van der Waals surface area contributed by atoms with Crippen LogP contribution in [0.5, 0.6) is 0 Å².